The van der Waals surface area contributed by atoms with Gasteiger partial charge in [0, 0.05) is 0 Å². The number of oxazole rings is 2. The summed E-state index contributed by atoms with van der Waals surface area (Å²) >= 11 is 0. The topological polar surface area (TPSA) is 104 Å². The minimum atomic E-state index is 0.301. The lowest BCUT2D eigenvalue weighted by molar-refractivity contribution is 0.562. The molecule has 0 aliphatic carbocycles. The van der Waals surface area contributed by atoms with Crippen molar-refractivity contribution >= 4 is 0 Å². The maximum atomic E-state index is 5.58. The molecule has 7 heteroatoms. The van der Waals surface area contributed by atoms with E-state index in [0.29, 0.717) is 35.6 Å². The van der Waals surface area contributed by atoms with Gasteiger partial charge in [-0.25, -0.2) is 9.97 Å². The first-order valence-corrected chi connectivity index (χ1v) is 8.59. The van der Waals surface area contributed by atoms with E-state index in [1.165, 1.54) is 0 Å². The van der Waals surface area contributed by atoms with Gasteiger partial charge in [0.25, 0.3) is 0 Å². The number of hydrogen-bond acceptors (Lipinski definition) is 7. The average Bonchev–Trinajstić information content (AvgIpc) is 3.29. The summed E-state index contributed by atoms with van der Waals surface area (Å²) in [5.74, 6) is 1.27. The third-order valence-corrected chi connectivity index (χ3v) is 3.98. The van der Waals surface area contributed by atoms with Crippen molar-refractivity contribution in [2.45, 2.75) is 46.0 Å². The van der Waals surface area contributed by atoms with Gasteiger partial charge in [0.15, 0.2) is 5.69 Å². The molecule has 0 radical (unpaired) electrons. The fourth-order valence-corrected chi connectivity index (χ4v) is 2.47. The van der Waals surface area contributed by atoms with Crippen molar-refractivity contribution < 1.29 is 8.83 Å². The van der Waals surface area contributed by atoms with E-state index in [2.05, 4.69) is 40.9 Å². The predicted molar refractivity (Wildman–Crippen MR) is 93.9 cm³/mol. The molecule has 0 saturated heterocycles. The summed E-state index contributed by atoms with van der Waals surface area (Å²) in [7, 11) is 0. The third-order valence-electron chi connectivity index (χ3n) is 3.98. The first-order valence-electron chi connectivity index (χ1n) is 8.59. The molecular formula is C18H23N5O2. The molecule has 0 aliphatic heterocycles. The second-order valence-corrected chi connectivity index (χ2v) is 6.23. The van der Waals surface area contributed by atoms with Gasteiger partial charge in [0.2, 0.25) is 11.8 Å². The summed E-state index contributed by atoms with van der Waals surface area (Å²) in [6, 6.07) is 1.93. The largest absolute Gasteiger partial charge is 0.443 e. The smallest absolute Gasteiger partial charge is 0.247 e. The van der Waals surface area contributed by atoms with Crippen molar-refractivity contribution in [2.75, 3.05) is 6.54 Å². The van der Waals surface area contributed by atoms with Crippen LogP contribution in [0.15, 0.2) is 27.4 Å². The predicted octanol–water partition coefficient (Wildman–Crippen LogP) is 3.36. The molecule has 0 fully saturated rings. The van der Waals surface area contributed by atoms with Gasteiger partial charge in [-0.3, -0.25) is 0 Å². The molecule has 0 aliphatic rings. The van der Waals surface area contributed by atoms with Crippen molar-refractivity contribution in [1.82, 2.24) is 20.2 Å². The number of nitrogens with zero attached hydrogens (tertiary/aromatic N) is 4. The first-order chi connectivity index (χ1) is 12.1. The second kappa shape index (κ2) is 7.57. The fourth-order valence-electron chi connectivity index (χ4n) is 2.47. The molecule has 25 heavy (non-hydrogen) atoms. The maximum absolute atomic E-state index is 5.58. The van der Waals surface area contributed by atoms with Crippen LogP contribution in [0.4, 0.5) is 0 Å². The Kier molecular flexibility index (Phi) is 5.23. The van der Waals surface area contributed by atoms with Crippen LogP contribution in [0.1, 0.15) is 50.1 Å². The Morgan fingerprint density at radius 3 is 2.56 bits per heavy atom. The Bertz CT molecular complexity index is 838. The summed E-state index contributed by atoms with van der Waals surface area (Å²) in [6.45, 7) is 6.82. The van der Waals surface area contributed by atoms with Crippen LogP contribution in [-0.4, -0.2) is 26.7 Å². The zero-order chi connectivity index (χ0) is 17.8. The quantitative estimate of drug-likeness (QED) is 0.702. The van der Waals surface area contributed by atoms with Crippen molar-refractivity contribution in [3.8, 4) is 23.2 Å². The number of rotatable bonds is 7. The Labute approximate surface area is 146 Å². The standard InChI is InChI=1S/C18H23N5O2/c1-4-12-8-14(17-21-15(10-25-17)11(2)3)22-23-16(12)18-20-13(9-24-18)6-5-7-19/h8-11H,4-7,19H2,1-3H3. The zero-order valence-corrected chi connectivity index (χ0v) is 14.8. The molecule has 3 heterocycles. The highest BCUT2D eigenvalue weighted by Crippen LogP contribution is 2.26. The summed E-state index contributed by atoms with van der Waals surface area (Å²) in [4.78, 5) is 8.97. The summed E-state index contributed by atoms with van der Waals surface area (Å²) in [5, 5.41) is 8.56. The first kappa shape index (κ1) is 17.3. The molecule has 3 rings (SSSR count). The Morgan fingerprint density at radius 1 is 1.08 bits per heavy atom. The van der Waals surface area contributed by atoms with Crippen LogP contribution in [0.2, 0.25) is 0 Å². The van der Waals surface area contributed by atoms with Crippen molar-refractivity contribution in [2.24, 2.45) is 5.73 Å². The molecule has 3 aromatic heterocycles. The number of hydrogen-bond donors (Lipinski definition) is 1. The molecule has 0 bridgehead atoms. The molecular weight excluding hydrogens is 318 g/mol. The van der Waals surface area contributed by atoms with Crippen LogP contribution in [0.5, 0.6) is 0 Å². The van der Waals surface area contributed by atoms with Crippen molar-refractivity contribution in [3.05, 3.63) is 35.5 Å². The van der Waals surface area contributed by atoms with Crippen LogP contribution in [0.25, 0.3) is 23.2 Å². The van der Waals surface area contributed by atoms with Crippen LogP contribution >= 0.6 is 0 Å². The lowest BCUT2D eigenvalue weighted by atomic mass is 10.1. The number of aryl methyl sites for hydroxylation is 2. The lowest BCUT2D eigenvalue weighted by Crippen LogP contribution is -2.01. The Balaban J connectivity index is 1.90. The van der Waals surface area contributed by atoms with E-state index >= 15 is 0 Å². The number of aromatic nitrogens is 4. The van der Waals surface area contributed by atoms with Gasteiger partial charge in [0.05, 0.1) is 11.4 Å². The lowest BCUT2D eigenvalue weighted by Gasteiger charge is -2.03. The van der Waals surface area contributed by atoms with Gasteiger partial charge in [-0.05, 0) is 43.4 Å². The van der Waals surface area contributed by atoms with Crippen LogP contribution in [0.3, 0.4) is 0 Å². The molecule has 0 atom stereocenters. The molecule has 3 aromatic rings. The average molecular weight is 341 g/mol. The van der Waals surface area contributed by atoms with Crippen LogP contribution < -0.4 is 5.73 Å². The van der Waals surface area contributed by atoms with E-state index in [-0.39, 0.29) is 0 Å². The van der Waals surface area contributed by atoms with Gasteiger partial charge in [0.1, 0.15) is 18.2 Å². The van der Waals surface area contributed by atoms with E-state index in [1.54, 1.807) is 12.5 Å². The van der Waals surface area contributed by atoms with Gasteiger partial charge in [-0.1, -0.05) is 20.8 Å². The van der Waals surface area contributed by atoms with E-state index in [0.717, 1.165) is 36.2 Å². The van der Waals surface area contributed by atoms with Crippen LogP contribution in [-0.2, 0) is 12.8 Å². The highest BCUT2D eigenvalue weighted by atomic mass is 16.3. The van der Waals surface area contributed by atoms with Gasteiger partial charge < -0.3 is 14.6 Å². The van der Waals surface area contributed by atoms with Gasteiger partial charge in [-0.15, -0.1) is 10.2 Å². The Hall–Kier alpha value is -2.54. The third kappa shape index (κ3) is 3.76. The molecule has 0 unspecified atom stereocenters. The van der Waals surface area contributed by atoms with Gasteiger partial charge in [-0.2, -0.15) is 0 Å². The minimum Gasteiger partial charge on any atom is -0.443 e. The van der Waals surface area contributed by atoms with Crippen LogP contribution in [0, 0.1) is 0 Å². The summed E-state index contributed by atoms with van der Waals surface area (Å²) in [5.41, 5.74) is 9.57. The van der Waals surface area contributed by atoms with E-state index in [1.807, 2.05) is 6.07 Å². The summed E-state index contributed by atoms with van der Waals surface area (Å²) in [6.07, 6.45) is 5.76. The fraction of sp³-hybridized carbons (Fsp3) is 0.444. The monoisotopic (exact) mass is 341 g/mol. The summed E-state index contributed by atoms with van der Waals surface area (Å²) < 4.78 is 11.1. The SMILES string of the molecule is CCc1cc(-c2nc(C(C)C)co2)nnc1-c1nc(CCCN)co1. The van der Waals surface area contributed by atoms with Crippen molar-refractivity contribution in [3.63, 3.8) is 0 Å². The highest BCUT2D eigenvalue weighted by Gasteiger charge is 2.17. The van der Waals surface area contributed by atoms with E-state index in [4.69, 9.17) is 14.6 Å². The van der Waals surface area contributed by atoms with E-state index < -0.39 is 0 Å². The normalized spacial score (nSPS) is 11.4. The number of nitrogens with two attached hydrogens (primary N) is 1. The Morgan fingerprint density at radius 2 is 1.88 bits per heavy atom. The molecule has 7 nitrogen and oxygen atoms in total. The maximum Gasteiger partial charge on any atom is 0.247 e. The van der Waals surface area contributed by atoms with E-state index in [9.17, 15) is 0 Å². The molecule has 2 N–H and O–H groups in total. The zero-order valence-electron chi connectivity index (χ0n) is 14.8. The minimum absolute atomic E-state index is 0.301. The van der Waals surface area contributed by atoms with Gasteiger partial charge >= 0.3 is 0 Å². The molecule has 0 saturated carbocycles. The second-order valence-electron chi connectivity index (χ2n) is 6.23. The van der Waals surface area contributed by atoms with Crippen molar-refractivity contribution in [1.29, 1.82) is 0 Å². The highest BCUT2D eigenvalue weighted by molar-refractivity contribution is 5.58. The molecule has 132 valence electrons. The molecule has 0 aromatic carbocycles. The molecule has 0 amide bonds. The molecule has 0 spiro atoms.